The summed E-state index contributed by atoms with van der Waals surface area (Å²) in [5.74, 6) is 0.0981. The number of pyridine rings is 1. The maximum Gasteiger partial charge on any atom is 0.268 e. The number of rotatable bonds is 5. The van der Waals surface area contributed by atoms with Crippen LogP contribution < -0.4 is 16.6 Å². The Morgan fingerprint density at radius 2 is 2.05 bits per heavy atom. The Hall–Kier alpha value is -2.14. The molecule has 4 N–H and O–H groups in total. The van der Waals surface area contributed by atoms with Crippen LogP contribution in [0.3, 0.4) is 0 Å². The first-order valence-electron chi connectivity index (χ1n) is 7.49. The number of nitrogens with one attached hydrogen (secondary N) is 2. The standard InChI is InChI=1S/C17H23N3O2/c1-11(2)9-17(3,10-18)20-16(22)14-8-12-6-4-5-7-13(12)15(21)19-14/h4-8,11H,9-10,18H2,1-3H3,(H,19,21)(H,20,22). The Morgan fingerprint density at radius 3 is 2.68 bits per heavy atom. The van der Waals surface area contributed by atoms with Gasteiger partial charge in [0.25, 0.3) is 11.5 Å². The number of aromatic nitrogens is 1. The third kappa shape index (κ3) is 3.54. The first-order chi connectivity index (χ1) is 10.3. The summed E-state index contributed by atoms with van der Waals surface area (Å²) in [5.41, 5.74) is 5.32. The number of H-pyrrole nitrogens is 1. The molecule has 0 aliphatic carbocycles. The summed E-state index contributed by atoms with van der Waals surface area (Å²) in [6, 6.07) is 8.88. The van der Waals surface area contributed by atoms with Crippen LogP contribution in [0.4, 0.5) is 0 Å². The number of carbonyl (C=O) groups is 1. The number of benzene rings is 1. The highest BCUT2D eigenvalue weighted by molar-refractivity contribution is 5.96. The average molecular weight is 301 g/mol. The normalized spacial score (nSPS) is 14.0. The predicted molar refractivity (Wildman–Crippen MR) is 88.9 cm³/mol. The Kier molecular flexibility index (Phi) is 4.66. The Balaban J connectivity index is 2.31. The van der Waals surface area contributed by atoms with E-state index < -0.39 is 5.54 Å². The van der Waals surface area contributed by atoms with Crippen molar-refractivity contribution in [1.29, 1.82) is 0 Å². The second kappa shape index (κ2) is 6.32. The van der Waals surface area contributed by atoms with Crippen LogP contribution in [0.25, 0.3) is 10.8 Å². The molecule has 1 heterocycles. The largest absolute Gasteiger partial charge is 0.344 e. The fourth-order valence-electron chi connectivity index (χ4n) is 2.76. The number of hydrogen-bond acceptors (Lipinski definition) is 3. The molecule has 0 fully saturated rings. The van der Waals surface area contributed by atoms with Gasteiger partial charge in [0.2, 0.25) is 0 Å². The van der Waals surface area contributed by atoms with Crippen LogP contribution in [-0.2, 0) is 0 Å². The maximum absolute atomic E-state index is 12.5. The first kappa shape index (κ1) is 16.2. The molecule has 0 saturated carbocycles. The van der Waals surface area contributed by atoms with Gasteiger partial charge in [-0.25, -0.2) is 0 Å². The van der Waals surface area contributed by atoms with Crippen molar-refractivity contribution in [3.63, 3.8) is 0 Å². The fourth-order valence-corrected chi connectivity index (χ4v) is 2.76. The SMILES string of the molecule is CC(C)CC(C)(CN)NC(=O)c1cc2ccccc2c(=O)[nH]1. The Bertz CT molecular complexity index is 736. The summed E-state index contributed by atoms with van der Waals surface area (Å²) in [6.45, 7) is 6.43. The van der Waals surface area contributed by atoms with Crippen molar-refractivity contribution in [2.75, 3.05) is 6.54 Å². The van der Waals surface area contributed by atoms with Gasteiger partial charge in [0.05, 0.1) is 5.54 Å². The molecular formula is C17H23N3O2. The molecule has 5 nitrogen and oxygen atoms in total. The lowest BCUT2D eigenvalue weighted by Gasteiger charge is -2.31. The molecule has 1 amide bonds. The molecule has 1 aromatic carbocycles. The van der Waals surface area contributed by atoms with Gasteiger partial charge in [-0.15, -0.1) is 0 Å². The quantitative estimate of drug-likeness (QED) is 0.789. The van der Waals surface area contributed by atoms with Crippen LogP contribution in [0.5, 0.6) is 0 Å². The van der Waals surface area contributed by atoms with Crippen molar-refractivity contribution >= 4 is 16.7 Å². The predicted octanol–water partition coefficient (Wildman–Crippen LogP) is 2.02. The topological polar surface area (TPSA) is 88.0 Å². The van der Waals surface area contributed by atoms with Crippen molar-refractivity contribution < 1.29 is 4.79 Å². The molecule has 118 valence electrons. The Morgan fingerprint density at radius 1 is 1.36 bits per heavy atom. The van der Waals surface area contributed by atoms with E-state index in [0.29, 0.717) is 17.8 Å². The second-order valence-electron chi connectivity index (χ2n) is 6.42. The monoisotopic (exact) mass is 301 g/mol. The average Bonchev–Trinajstić information content (AvgIpc) is 2.46. The molecule has 1 unspecified atom stereocenters. The van der Waals surface area contributed by atoms with E-state index in [-0.39, 0.29) is 17.2 Å². The summed E-state index contributed by atoms with van der Waals surface area (Å²) < 4.78 is 0. The van der Waals surface area contributed by atoms with Crippen LogP contribution in [0.15, 0.2) is 35.1 Å². The van der Waals surface area contributed by atoms with Gasteiger partial charge in [0, 0.05) is 11.9 Å². The highest BCUT2D eigenvalue weighted by atomic mass is 16.2. The van der Waals surface area contributed by atoms with Crippen molar-refractivity contribution in [1.82, 2.24) is 10.3 Å². The zero-order valence-corrected chi connectivity index (χ0v) is 13.3. The summed E-state index contributed by atoms with van der Waals surface area (Å²) in [4.78, 5) is 27.2. The molecule has 2 rings (SSSR count). The summed E-state index contributed by atoms with van der Waals surface area (Å²) in [6.07, 6.45) is 0.771. The zero-order valence-electron chi connectivity index (χ0n) is 13.3. The summed E-state index contributed by atoms with van der Waals surface area (Å²) in [7, 11) is 0. The van der Waals surface area contributed by atoms with Crippen molar-refractivity contribution in [2.24, 2.45) is 11.7 Å². The Labute approximate surface area is 129 Å². The van der Waals surface area contributed by atoms with Gasteiger partial charge in [-0.3, -0.25) is 9.59 Å². The lowest BCUT2D eigenvalue weighted by Crippen LogP contribution is -2.52. The van der Waals surface area contributed by atoms with Gasteiger partial charge in [0.1, 0.15) is 5.69 Å². The van der Waals surface area contributed by atoms with Crippen molar-refractivity contribution in [2.45, 2.75) is 32.7 Å². The molecule has 0 bridgehead atoms. The molecule has 0 aliphatic rings. The second-order valence-corrected chi connectivity index (χ2v) is 6.42. The summed E-state index contributed by atoms with van der Waals surface area (Å²) >= 11 is 0. The molecule has 5 heteroatoms. The van der Waals surface area contributed by atoms with E-state index in [1.165, 1.54) is 0 Å². The van der Waals surface area contributed by atoms with Crippen LogP contribution in [0, 0.1) is 5.92 Å². The van der Waals surface area contributed by atoms with E-state index in [0.717, 1.165) is 11.8 Å². The minimum atomic E-state index is -0.492. The first-order valence-corrected chi connectivity index (χ1v) is 7.49. The van der Waals surface area contributed by atoms with Crippen LogP contribution in [0.1, 0.15) is 37.7 Å². The number of fused-ring (bicyclic) bond motifs is 1. The van der Waals surface area contributed by atoms with E-state index in [1.807, 2.05) is 19.1 Å². The van der Waals surface area contributed by atoms with Gasteiger partial charge in [0.15, 0.2) is 0 Å². The van der Waals surface area contributed by atoms with Gasteiger partial charge in [-0.1, -0.05) is 32.0 Å². The van der Waals surface area contributed by atoms with E-state index in [1.54, 1.807) is 18.2 Å². The molecule has 0 radical (unpaired) electrons. The van der Waals surface area contributed by atoms with Crippen molar-refractivity contribution in [3.8, 4) is 0 Å². The molecular weight excluding hydrogens is 278 g/mol. The highest BCUT2D eigenvalue weighted by Crippen LogP contribution is 2.16. The number of amides is 1. The van der Waals surface area contributed by atoms with Crippen LogP contribution in [-0.4, -0.2) is 23.0 Å². The minimum absolute atomic E-state index is 0.257. The molecule has 2 aromatic rings. The molecule has 1 aromatic heterocycles. The van der Waals surface area contributed by atoms with Crippen LogP contribution >= 0.6 is 0 Å². The number of aromatic amines is 1. The number of hydrogen-bond donors (Lipinski definition) is 3. The molecule has 0 saturated heterocycles. The maximum atomic E-state index is 12.5. The van der Waals surface area contributed by atoms with E-state index in [9.17, 15) is 9.59 Å². The molecule has 0 spiro atoms. The third-order valence-electron chi connectivity index (χ3n) is 3.72. The highest BCUT2D eigenvalue weighted by Gasteiger charge is 2.26. The zero-order chi connectivity index (χ0) is 16.3. The lowest BCUT2D eigenvalue weighted by molar-refractivity contribution is 0.0893. The molecule has 0 aliphatic heterocycles. The molecule has 22 heavy (non-hydrogen) atoms. The van der Waals surface area contributed by atoms with E-state index in [2.05, 4.69) is 24.1 Å². The van der Waals surface area contributed by atoms with E-state index in [4.69, 9.17) is 5.73 Å². The van der Waals surface area contributed by atoms with Gasteiger partial charge in [-0.05, 0) is 36.8 Å². The number of carbonyl (C=O) groups excluding carboxylic acids is 1. The fraction of sp³-hybridized carbons (Fsp3) is 0.412. The molecule has 1 atom stereocenters. The van der Waals surface area contributed by atoms with Crippen LogP contribution in [0.2, 0.25) is 0 Å². The van der Waals surface area contributed by atoms with Gasteiger partial charge >= 0.3 is 0 Å². The summed E-state index contributed by atoms with van der Waals surface area (Å²) in [5, 5.41) is 4.27. The minimum Gasteiger partial charge on any atom is -0.344 e. The smallest absolute Gasteiger partial charge is 0.268 e. The van der Waals surface area contributed by atoms with Gasteiger partial charge in [-0.2, -0.15) is 0 Å². The van der Waals surface area contributed by atoms with Gasteiger partial charge < -0.3 is 16.0 Å². The number of nitrogens with two attached hydrogens (primary N) is 1. The van der Waals surface area contributed by atoms with E-state index >= 15 is 0 Å². The lowest BCUT2D eigenvalue weighted by atomic mass is 9.90. The van der Waals surface area contributed by atoms with Crippen molar-refractivity contribution in [3.05, 3.63) is 46.4 Å². The third-order valence-corrected chi connectivity index (χ3v) is 3.72.